The summed E-state index contributed by atoms with van der Waals surface area (Å²) in [5, 5.41) is 3.46. The summed E-state index contributed by atoms with van der Waals surface area (Å²) in [5.41, 5.74) is 7.60. The van der Waals surface area contributed by atoms with E-state index in [-0.39, 0.29) is 81.7 Å². The predicted molar refractivity (Wildman–Crippen MR) is 216 cm³/mol. The van der Waals surface area contributed by atoms with Crippen LogP contribution in [-0.2, 0) is 35.3 Å². The van der Waals surface area contributed by atoms with Gasteiger partial charge in [0, 0.05) is 11.8 Å². The molecule has 0 bridgehead atoms. The van der Waals surface area contributed by atoms with E-state index in [1.165, 1.54) is 5.57 Å². The van der Waals surface area contributed by atoms with Crippen LogP contribution in [0.3, 0.4) is 0 Å². The largest absolute Gasteiger partial charge is 0.462 e. The molecule has 6 fully saturated rings. The van der Waals surface area contributed by atoms with Crippen molar-refractivity contribution in [3.63, 3.8) is 0 Å². The highest BCUT2D eigenvalue weighted by Crippen LogP contribution is 2.76. The molecule has 10 atom stereocenters. The van der Waals surface area contributed by atoms with Gasteiger partial charge in [-0.05, 0) is 133 Å². The van der Waals surface area contributed by atoms with Gasteiger partial charge in [-0.25, -0.2) is 0 Å². The standard InChI is InChI=1S/C48H68N2O6/c1-28(2)37-33(51)26-48(50-41(54)47(49)22-23-47)24-21-45(8)30(38(37)48)15-16-35-44(7)19-18-36(43(5,6)34(44)17-20-46(35,45)9)56-40(53)32-25-31(42(32,3)4)39(52)55-27-29-13-11-10-12-14-29/h10-14,28,30-32,34-36H,15-27,49H2,1-9H3,(H,50,54)/t30-,31+,32-,34+,35-,36+,44+,45-,46-,48-/m1/s1. The number of Topliss-reactive ketones (excluding diaryl/α,β-unsaturated/α-hetero) is 1. The summed E-state index contributed by atoms with van der Waals surface area (Å²) >= 11 is 0. The fourth-order valence-electron chi connectivity index (χ4n) is 14.4. The van der Waals surface area contributed by atoms with E-state index in [2.05, 4.69) is 53.8 Å². The van der Waals surface area contributed by atoms with Crippen LogP contribution in [0.1, 0.15) is 145 Å². The van der Waals surface area contributed by atoms with Gasteiger partial charge >= 0.3 is 11.9 Å². The number of allylic oxidation sites excluding steroid dienone is 1. The van der Waals surface area contributed by atoms with Gasteiger partial charge in [0.1, 0.15) is 12.7 Å². The topological polar surface area (TPSA) is 125 Å². The lowest BCUT2D eigenvalue weighted by Gasteiger charge is -2.72. The van der Waals surface area contributed by atoms with E-state index >= 15 is 0 Å². The molecule has 8 heteroatoms. The van der Waals surface area contributed by atoms with Gasteiger partial charge in [0.15, 0.2) is 5.78 Å². The zero-order valence-corrected chi connectivity index (χ0v) is 35.6. The normalized spacial score (nSPS) is 41.3. The van der Waals surface area contributed by atoms with Crippen LogP contribution < -0.4 is 11.1 Å². The molecule has 7 aliphatic rings. The Balaban J connectivity index is 0.984. The van der Waals surface area contributed by atoms with Crippen LogP contribution in [0.2, 0.25) is 0 Å². The minimum Gasteiger partial charge on any atom is -0.462 e. The lowest BCUT2D eigenvalue weighted by Crippen LogP contribution is -2.68. The summed E-state index contributed by atoms with van der Waals surface area (Å²) in [6, 6.07) is 9.70. The molecule has 0 radical (unpaired) electrons. The zero-order valence-electron chi connectivity index (χ0n) is 35.6. The van der Waals surface area contributed by atoms with E-state index in [0.29, 0.717) is 37.5 Å². The van der Waals surface area contributed by atoms with E-state index in [4.69, 9.17) is 15.2 Å². The number of amides is 1. The van der Waals surface area contributed by atoms with Gasteiger partial charge in [0.25, 0.3) is 0 Å². The molecule has 56 heavy (non-hydrogen) atoms. The van der Waals surface area contributed by atoms with Crippen LogP contribution in [0.15, 0.2) is 41.5 Å². The van der Waals surface area contributed by atoms with Gasteiger partial charge in [-0.1, -0.05) is 92.6 Å². The smallest absolute Gasteiger partial charge is 0.309 e. The molecule has 3 N–H and O–H groups in total. The van der Waals surface area contributed by atoms with Crippen molar-refractivity contribution in [2.24, 2.45) is 68.3 Å². The Bertz CT molecular complexity index is 1840. The molecule has 1 amide bonds. The second-order valence-electron chi connectivity index (χ2n) is 21.9. The Morgan fingerprint density at radius 2 is 1.46 bits per heavy atom. The third-order valence-corrected chi connectivity index (χ3v) is 18.3. The first-order valence-corrected chi connectivity index (χ1v) is 21.9. The van der Waals surface area contributed by atoms with E-state index in [1.807, 2.05) is 44.2 Å². The van der Waals surface area contributed by atoms with Crippen LogP contribution in [0.5, 0.6) is 0 Å². The summed E-state index contributed by atoms with van der Waals surface area (Å²) in [6.45, 7) is 20.9. The third-order valence-electron chi connectivity index (χ3n) is 18.3. The number of fused-ring (bicyclic) bond motifs is 7. The highest BCUT2D eigenvalue weighted by atomic mass is 16.5. The van der Waals surface area contributed by atoms with Crippen molar-refractivity contribution >= 4 is 23.6 Å². The molecule has 7 aliphatic carbocycles. The van der Waals surface area contributed by atoms with Crippen LogP contribution in [0.4, 0.5) is 0 Å². The second kappa shape index (κ2) is 13.0. The molecule has 1 aromatic carbocycles. The van der Waals surface area contributed by atoms with Crippen molar-refractivity contribution in [2.45, 2.75) is 163 Å². The molecular weight excluding hydrogens is 701 g/mol. The quantitative estimate of drug-likeness (QED) is 0.254. The second-order valence-corrected chi connectivity index (χ2v) is 21.9. The molecule has 8 rings (SSSR count). The summed E-state index contributed by atoms with van der Waals surface area (Å²) in [4.78, 5) is 54.6. The Labute approximate surface area is 335 Å². The molecule has 0 aromatic heterocycles. The highest BCUT2D eigenvalue weighted by Gasteiger charge is 2.71. The molecule has 306 valence electrons. The van der Waals surface area contributed by atoms with Gasteiger partial charge in [0.2, 0.25) is 5.91 Å². The molecule has 8 nitrogen and oxygen atoms in total. The Morgan fingerprint density at radius 3 is 2.11 bits per heavy atom. The monoisotopic (exact) mass is 769 g/mol. The molecule has 0 saturated heterocycles. The number of hydrogen-bond acceptors (Lipinski definition) is 7. The van der Waals surface area contributed by atoms with E-state index in [1.54, 1.807) is 0 Å². The maximum Gasteiger partial charge on any atom is 0.309 e. The van der Waals surface area contributed by atoms with Crippen LogP contribution >= 0.6 is 0 Å². The minimum absolute atomic E-state index is 0.0136. The molecule has 6 saturated carbocycles. The van der Waals surface area contributed by atoms with Crippen molar-refractivity contribution in [1.82, 2.24) is 5.32 Å². The summed E-state index contributed by atoms with van der Waals surface area (Å²) in [7, 11) is 0. The average molecular weight is 769 g/mol. The van der Waals surface area contributed by atoms with Gasteiger partial charge in [-0.15, -0.1) is 0 Å². The van der Waals surface area contributed by atoms with Crippen molar-refractivity contribution in [3.8, 4) is 0 Å². The molecule has 0 aliphatic heterocycles. The number of hydrogen-bond donors (Lipinski definition) is 2. The summed E-state index contributed by atoms with van der Waals surface area (Å²) < 4.78 is 12.2. The SMILES string of the molecule is CC(C)C1=C2[C@H]3CC[C@@H]4[C@@]5(C)CC[C@H](OC(=O)[C@H]6C[C@@H](C(=O)OCc7ccccc7)C6(C)C)C(C)(C)[C@@H]5CC[C@@]4(C)[C@]3(C)CC[C@@]2(NC(=O)C2(N)CC2)CC1=O. The first-order chi connectivity index (χ1) is 26.1. The number of benzene rings is 1. The van der Waals surface area contributed by atoms with Crippen LogP contribution in [-0.4, -0.2) is 40.8 Å². The lowest BCUT2D eigenvalue weighted by atomic mass is 9.33. The maximum absolute atomic E-state index is 14.0. The minimum atomic E-state index is -0.784. The molecule has 0 heterocycles. The van der Waals surface area contributed by atoms with Gasteiger partial charge in [0.05, 0.1) is 22.9 Å². The lowest BCUT2D eigenvalue weighted by molar-refractivity contribution is -0.235. The molecule has 0 spiro atoms. The fourth-order valence-corrected chi connectivity index (χ4v) is 14.4. The van der Waals surface area contributed by atoms with Crippen molar-refractivity contribution in [1.29, 1.82) is 0 Å². The van der Waals surface area contributed by atoms with Gasteiger partial charge < -0.3 is 20.5 Å². The summed E-state index contributed by atoms with van der Waals surface area (Å²) in [5.74, 6) is 0.310. The van der Waals surface area contributed by atoms with E-state index in [9.17, 15) is 19.2 Å². The number of rotatable bonds is 8. The Morgan fingerprint density at radius 1 is 0.786 bits per heavy atom. The number of esters is 2. The van der Waals surface area contributed by atoms with Crippen LogP contribution in [0.25, 0.3) is 0 Å². The fraction of sp³-hybridized carbons (Fsp3) is 0.750. The number of ketones is 1. The number of nitrogens with two attached hydrogens (primary N) is 1. The van der Waals surface area contributed by atoms with Crippen LogP contribution in [0, 0.1) is 62.6 Å². The van der Waals surface area contributed by atoms with Crippen molar-refractivity contribution in [2.75, 3.05) is 0 Å². The average Bonchev–Trinajstić information content (AvgIpc) is 3.81. The number of carbonyl (C=O) groups excluding carboxylic acids is 4. The van der Waals surface area contributed by atoms with E-state index < -0.39 is 16.5 Å². The third kappa shape index (κ3) is 5.67. The Kier molecular flexibility index (Phi) is 9.24. The predicted octanol–water partition coefficient (Wildman–Crippen LogP) is 8.64. The number of carbonyl (C=O) groups is 4. The highest BCUT2D eigenvalue weighted by molar-refractivity contribution is 6.03. The molecular formula is C48H68N2O6. The van der Waals surface area contributed by atoms with Crippen molar-refractivity contribution in [3.05, 3.63) is 47.0 Å². The zero-order chi connectivity index (χ0) is 40.4. The Hall–Kier alpha value is -3.00. The van der Waals surface area contributed by atoms with E-state index in [0.717, 1.165) is 62.5 Å². The molecule has 0 unspecified atom stereocenters. The maximum atomic E-state index is 14.0. The first kappa shape index (κ1) is 39.8. The molecule has 1 aromatic rings. The number of ether oxygens (including phenoxy) is 2. The van der Waals surface area contributed by atoms with Gasteiger partial charge in [-0.3, -0.25) is 19.2 Å². The number of nitrogens with one attached hydrogen (secondary N) is 1. The first-order valence-electron chi connectivity index (χ1n) is 21.9. The summed E-state index contributed by atoms with van der Waals surface area (Å²) in [6.07, 6.45) is 9.98. The van der Waals surface area contributed by atoms with Gasteiger partial charge in [-0.2, -0.15) is 0 Å². The van der Waals surface area contributed by atoms with Crippen molar-refractivity contribution < 1.29 is 28.7 Å².